The van der Waals surface area contributed by atoms with Crippen LogP contribution in [0, 0.1) is 0 Å². The van der Waals surface area contributed by atoms with Crippen molar-refractivity contribution in [2.24, 2.45) is 56.4 Å². The van der Waals surface area contributed by atoms with Crippen LogP contribution < -0.4 is 63.9 Å². The zero-order valence-electron chi connectivity index (χ0n) is 62.4. The summed E-state index contributed by atoms with van der Waals surface area (Å²) in [5.41, 5.74) is 5.30. The van der Waals surface area contributed by atoms with Crippen molar-refractivity contribution in [3.05, 3.63) is 249 Å². The number of aromatic nitrogens is 28. The molecule has 0 aromatic carbocycles. The number of H-pyrrole nitrogens is 14. The molecule has 0 unspecified atom stereocenters. The molecule has 28 nitrogen and oxygen atoms in total. The largest absolute Gasteiger partial charge is 0.300 e. The van der Waals surface area contributed by atoms with Gasteiger partial charge in [-0.05, 0) is 25.0 Å². The lowest BCUT2D eigenvalue weighted by atomic mass is 10.3. The Balaban J connectivity index is 0.000000150. The van der Waals surface area contributed by atoms with Gasteiger partial charge < -0.3 is 0 Å². The second-order valence-electron chi connectivity index (χ2n) is 25.5. The van der Waals surface area contributed by atoms with Crippen molar-refractivity contribution in [2.75, 3.05) is 30.8 Å². The molecule has 0 aliphatic carbocycles. The van der Waals surface area contributed by atoms with Crippen LogP contribution in [0.3, 0.4) is 0 Å². The van der Waals surface area contributed by atoms with Crippen molar-refractivity contribution in [2.45, 2.75) is 111 Å². The van der Waals surface area contributed by atoms with Crippen LogP contribution in [0.4, 0.5) is 0 Å². The van der Waals surface area contributed by atoms with Gasteiger partial charge >= 0.3 is 0 Å². The number of thioether (sulfide) groups is 1. The summed E-state index contributed by atoms with van der Waals surface area (Å²) in [6.45, 7) is 11.3. The Bertz CT molecular complexity index is 3960. The molecular formula is C71H116N28S2+14. The molecule has 14 aromatic heterocycles. The summed E-state index contributed by atoms with van der Waals surface area (Å²) in [7, 11) is 15.5. The fourth-order valence-corrected chi connectivity index (χ4v) is 12.9. The minimum Gasteiger partial charge on any atom is -0.250 e. The minimum absolute atomic E-state index is 0.743. The molecule has 0 fully saturated rings. The van der Waals surface area contributed by atoms with Gasteiger partial charge in [0.2, 0.25) is 45.3 Å². The topological polar surface area (TPSA) is 275 Å². The minimum atomic E-state index is -0.743. The Morgan fingerprint density at radius 3 is 0.752 bits per heavy atom. The highest BCUT2D eigenvalue weighted by Crippen LogP contribution is 2.41. The van der Waals surface area contributed by atoms with Crippen molar-refractivity contribution in [3.8, 4) is 0 Å². The van der Waals surface area contributed by atoms with E-state index in [0.29, 0.717) is 0 Å². The summed E-state index contributed by atoms with van der Waals surface area (Å²) in [6.07, 6.45) is 74.2. The molecule has 0 aliphatic heterocycles. The summed E-state index contributed by atoms with van der Waals surface area (Å²) < 4.78 is 30.2. The molecule has 14 heterocycles. The summed E-state index contributed by atoms with van der Waals surface area (Å²) in [5, 5.41) is 1.33. The second-order valence-corrected chi connectivity index (χ2v) is 30.5. The average molecular weight is 1430 g/mol. The standard InChI is InChI=1S/C13H22N4S2.2C11H16N4.4C9H12N4/c1-18-10-5-12-14-6-8-16(12)11-17-9-7-15-13(17)19(2,3)4;2*1-3-10-5-12-7-14(10)9-15-8-13-6-11(15)4-2;4*1-12-5-3-10-8(12)7-9-11-4-6-13(9)2/h6-9H,5,10-11H2,1-4H3;2*5-8H,3-4,9H2,1-2H3;4*3-6H,7H2,1-2H3/p+14. The maximum atomic E-state index is 3.39. The molecule has 14 aromatic rings. The third kappa shape index (κ3) is 22.3. The molecule has 0 saturated heterocycles. The molecule has 0 bridgehead atoms. The van der Waals surface area contributed by atoms with E-state index in [4.69, 9.17) is 0 Å². The van der Waals surface area contributed by atoms with Gasteiger partial charge in [-0.25, -0.2) is 106 Å². The predicted molar refractivity (Wildman–Crippen MR) is 382 cm³/mol. The third-order valence-electron chi connectivity index (χ3n) is 17.6. The lowest BCUT2D eigenvalue weighted by Crippen LogP contribution is -2.53. The van der Waals surface area contributed by atoms with Crippen molar-refractivity contribution in [3.63, 3.8) is 0 Å². The van der Waals surface area contributed by atoms with Crippen molar-refractivity contribution in [1.29, 1.82) is 0 Å². The van der Waals surface area contributed by atoms with Gasteiger partial charge in [0.1, 0.15) is 171 Å². The van der Waals surface area contributed by atoms with Crippen molar-refractivity contribution in [1.82, 2.24) is 69.8 Å². The molecule has 0 aliphatic rings. The molecule has 538 valence electrons. The number of nitrogens with one attached hydrogen (secondary N) is 14. The maximum absolute atomic E-state index is 3.39. The van der Waals surface area contributed by atoms with Gasteiger partial charge in [0.25, 0.3) is 57.6 Å². The van der Waals surface area contributed by atoms with E-state index in [1.54, 1.807) is 0 Å². The highest BCUT2D eigenvalue weighted by Gasteiger charge is 2.25. The van der Waals surface area contributed by atoms with Crippen LogP contribution in [0.15, 0.2) is 179 Å². The second kappa shape index (κ2) is 38.3. The van der Waals surface area contributed by atoms with Gasteiger partial charge in [0, 0.05) is 31.4 Å². The monoisotopic (exact) mass is 1420 g/mol. The van der Waals surface area contributed by atoms with Crippen LogP contribution in [0.1, 0.15) is 103 Å². The van der Waals surface area contributed by atoms with E-state index in [9.17, 15) is 0 Å². The SMILES string of the molecule is CCc1c[nH]c[n+]1C[n+]1c[nH]cc1CC.CCc1c[nH]c[n+]1C[n+]1c[nH]cc1CC.CSCCc1[nH]cc[n+]1C[n+]1cc[nH]c1S(C)(C)C.C[n+]1cc[nH]c1Cc1[nH]cc[n+]1C.C[n+]1cc[nH]c1Cc1[nH]cc[n+]1C.C[n+]1cc[nH]c1Cc1[nH]cc[n+]1C.C[n+]1cc[nH]c1Cc1[nH]cc[n+]1C. The Labute approximate surface area is 599 Å². The number of rotatable bonds is 22. The van der Waals surface area contributed by atoms with E-state index in [1.807, 2.05) is 205 Å². The molecule has 30 heteroatoms. The molecule has 14 N–H and O–H groups in total. The first-order valence-electron chi connectivity index (χ1n) is 34.5. The number of aromatic amines is 14. The first-order chi connectivity index (χ1) is 48.8. The number of hydrogen-bond donors (Lipinski definition) is 14. The highest BCUT2D eigenvalue weighted by molar-refractivity contribution is 8.31. The van der Waals surface area contributed by atoms with Crippen LogP contribution in [0.25, 0.3) is 0 Å². The summed E-state index contributed by atoms with van der Waals surface area (Å²) in [5.74, 6) is 12.0. The molecule has 101 heavy (non-hydrogen) atoms. The molecule has 0 saturated carbocycles. The lowest BCUT2D eigenvalue weighted by molar-refractivity contribution is -0.931. The van der Waals surface area contributed by atoms with Crippen LogP contribution >= 0.6 is 21.8 Å². The van der Waals surface area contributed by atoms with Gasteiger partial charge in [-0.15, -0.1) is 10.0 Å². The molecule has 0 amide bonds. The zero-order chi connectivity index (χ0) is 72.3. The molecule has 0 spiro atoms. The summed E-state index contributed by atoms with van der Waals surface area (Å²) in [4.78, 5) is 44.9. The van der Waals surface area contributed by atoms with Gasteiger partial charge in [-0.2, -0.15) is 39.2 Å². The van der Waals surface area contributed by atoms with E-state index < -0.39 is 10.0 Å². The van der Waals surface area contributed by atoms with E-state index in [-0.39, 0.29) is 0 Å². The van der Waals surface area contributed by atoms with Crippen molar-refractivity contribution < 1.29 is 63.9 Å². The normalized spacial score (nSPS) is 11.1. The Hall–Kier alpha value is -10.4. The fraction of sp³-hybridized carbons (Fsp3) is 0.408. The Kier molecular flexibility index (Phi) is 29.0. The van der Waals surface area contributed by atoms with Crippen LogP contribution in [0.5, 0.6) is 0 Å². The van der Waals surface area contributed by atoms with Crippen molar-refractivity contribution >= 4 is 21.8 Å². The van der Waals surface area contributed by atoms with E-state index >= 15 is 0 Å². The quantitative estimate of drug-likeness (QED) is 0.0432. The van der Waals surface area contributed by atoms with Gasteiger partial charge in [0.15, 0.2) is 25.7 Å². The summed E-state index contributed by atoms with van der Waals surface area (Å²) in [6, 6.07) is 0. The molecule has 14 rings (SSSR count). The average Bonchev–Trinajstić information content (AvgIpc) is 1.70. The van der Waals surface area contributed by atoms with Gasteiger partial charge in [-0.3, -0.25) is 0 Å². The summed E-state index contributed by atoms with van der Waals surface area (Å²) >= 11 is 1.88. The number of aryl methyl sites for hydroxylation is 13. The number of imidazole rings is 14. The van der Waals surface area contributed by atoms with Crippen LogP contribution in [0.2, 0.25) is 0 Å². The lowest BCUT2D eigenvalue weighted by Gasteiger charge is -2.19. The smallest absolute Gasteiger partial charge is 0.250 e. The van der Waals surface area contributed by atoms with Crippen LogP contribution in [-0.4, -0.2) is 101 Å². The van der Waals surface area contributed by atoms with E-state index in [2.05, 4.69) is 224 Å². The maximum Gasteiger partial charge on any atom is 0.300 e. The Morgan fingerprint density at radius 2 is 0.525 bits per heavy atom. The van der Waals surface area contributed by atoms with E-state index in [1.165, 1.54) is 80.4 Å². The van der Waals surface area contributed by atoms with Gasteiger partial charge in [0.05, 0.1) is 62.8 Å². The zero-order valence-corrected chi connectivity index (χ0v) is 64.1. The number of hydrogen-bond acceptors (Lipinski definition) is 1. The fourth-order valence-electron chi connectivity index (χ4n) is 11.3. The first-order valence-corrected chi connectivity index (χ1v) is 38.7. The molecular weight excluding hydrogens is 1310 g/mol. The van der Waals surface area contributed by atoms with Crippen LogP contribution in [-0.2, 0) is 134 Å². The number of nitrogens with zero attached hydrogens (tertiary/aromatic N) is 14. The molecule has 0 radical (unpaired) electrons. The Morgan fingerprint density at radius 1 is 0.297 bits per heavy atom. The van der Waals surface area contributed by atoms with E-state index in [0.717, 1.165) is 83.5 Å². The third-order valence-corrected chi connectivity index (χ3v) is 19.7. The first kappa shape index (κ1) is 76.4. The molecule has 0 atom stereocenters. The predicted octanol–water partition coefficient (Wildman–Crippen LogP) is 0.809. The van der Waals surface area contributed by atoms with Gasteiger partial charge in [-0.1, -0.05) is 27.7 Å². The highest BCUT2D eigenvalue weighted by atomic mass is 32.3.